The molecule has 0 radical (unpaired) electrons. The van der Waals surface area contributed by atoms with E-state index in [4.69, 9.17) is 0 Å². The fourth-order valence-electron chi connectivity index (χ4n) is 3.91. The Kier molecular flexibility index (Phi) is 1.87. The van der Waals surface area contributed by atoms with Crippen molar-refractivity contribution in [2.24, 2.45) is 5.41 Å². The van der Waals surface area contributed by atoms with E-state index in [9.17, 15) is 0 Å². The summed E-state index contributed by atoms with van der Waals surface area (Å²) in [6, 6.07) is 11.2. The Labute approximate surface area is 99.4 Å². The first kappa shape index (κ1) is 10.3. The molecule has 16 heavy (non-hydrogen) atoms. The van der Waals surface area contributed by atoms with Gasteiger partial charge in [-0.25, -0.2) is 0 Å². The molecule has 2 bridgehead atoms. The van der Waals surface area contributed by atoms with Gasteiger partial charge in [0.2, 0.25) is 0 Å². The second kappa shape index (κ2) is 2.89. The summed E-state index contributed by atoms with van der Waals surface area (Å²) in [5.74, 6) is 0. The Hall–Kier alpha value is -0.823. The van der Waals surface area contributed by atoms with Crippen molar-refractivity contribution < 1.29 is 0 Å². The second-order valence-electron chi connectivity index (χ2n) is 6.37. The minimum absolute atomic E-state index is 0.555. The van der Waals surface area contributed by atoms with Crippen LogP contribution in [0.5, 0.6) is 0 Å². The standard InChI is InChI=1S/C15H20Si/c1-4-14-10-15(11-14,12-14)16(2,3)13-8-6-5-7-9-13/h4-9H,1,10-12H2,2-3H3. The molecule has 1 heteroatoms. The normalized spacial score (nSPS) is 36.1. The maximum absolute atomic E-state index is 3.99. The largest absolute Gasteiger partial charge is 0.103 e. The van der Waals surface area contributed by atoms with Crippen LogP contribution in [0.1, 0.15) is 19.3 Å². The van der Waals surface area contributed by atoms with Crippen LogP contribution in [0.4, 0.5) is 0 Å². The van der Waals surface area contributed by atoms with Gasteiger partial charge in [-0.2, -0.15) is 0 Å². The van der Waals surface area contributed by atoms with Crippen molar-refractivity contribution in [3.05, 3.63) is 43.0 Å². The minimum Gasteiger partial charge on any atom is -0.103 e. The molecule has 0 aliphatic heterocycles. The van der Waals surface area contributed by atoms with Crippen molar-refractivity contribution in [1.82, 2.24) is 0 Å². The molecule has 0 spiro atoms. The fourth-order valence-corrected chi connectivity index (χ4v) is 7.93. The van der Waals surface area contributed by atoms with Gasteiger partial charge in [0.1, 0.15) is 0 Å². The molecule has 0 nitrogen and oxygen atoms in total. The van der Waals surface area contributed by atoms with E-state index in [1.165, 1.54) is 19.3 Å². The average molecular weight is 228 g/mol. The van der Waals surface area contributed by atoms with Crippen molar-refractivity contribution in [3.8, 4) is 0 Å². The highest BCUT2D eigenvalue weighted by Gasteiger charge is 2.71. The van der Waals surface area contributed by atoms with Gasteiger partial charge in [-0.05, 0) is 29.7 Å². The van der Waals surface area contributed by atoms with Crippen molar-refractivity contribution in [2.45, 2.75) is 37.4 Å². The Morgan fingerprint density at radius 3 is 2.19 bits per heavy atom. The molecule has 0 saturated heterocycles. The van der Waals surface area contributed by atoms with Crippen LogP contribution >= 0.6 is 0 Å². The zero-order valence-electron chi connectivity index (χ0n) is 10.3. The molecule has 3 aliphatic rings. The van der Waals surface area contributed by atoms with Gasteiger partial charge in [-0.1, -0.05) is 54.7 Å². The van der Waals surface area contributed by atoms with Crippen LogP contribution in [0.25, 0.3) is 0 Å². The van der Waals surface area contributed by atoms with Gasteiger partial charge >= 0.3 is 0 Å². The van der Waals surface area contributed by atoms with E-state index in [1.807, 2.05) is 0 Å². The van der Waals surface area contributed by atoms with E-state index in [-0.39, 0.29) is 0 Å². The van der Waals surface area contributed by atoms with Crippen LogP contribution in [0.3, 0.4) is 0 Å². The molecule has 3 saturated carbocycles. The summed E-state index contributed by atoms with van der Waals surface area (Å²) in [7, 11) is -1.27. The van der Waals surface area contributed by atoms with Gasteiger partial charge in [0.05, 0.1) is 8.07 Å². The summed E-state index contributed by atoms with van der Waals surface area (Å²) in [5.41, 5.74) is 0.555. The lowest BCUT2D eigenvalue weighted by Crippen LogP contribution is -2.70. The highest BCUT2D eigenvalue weighted by Crippen LogP contribution is 2.82. The van der Waals surface area contributed by atoms with Crippen molar-refractivity contribution in [2.75, 3.05) is 0 Å². The smallest absolute Gasteiger partial charge is 0.0868 e. The van der Waals surface area contributed by atoms with Gasteiger partial charge < -0.3 is 0 Å². The van der Waals surface area contributed by atoms with Crippen LogP contribution in [-0.4, -0.2) is 8.07 Å². The molecule has 0 aromatic heterocycles. The lowest BCUT2D eigenvalue weighted by Gasteiger charge is -2.75. The predicted octanol–water partition coefficient (Wildman–Crippen LogP) is 3.71. The summed E-state index contributed by atoms with van der Waals surface area (Å²) in [6.07, 6.45) is 6.46. The van der Waals surface area contributed by atoms with E-state index in [2.05, 4.69) is 56.1 Å². The van der Waals surface area contributed by atoms with Gasteiger partial charge in [-0.15, -0.1) is 6.58 Å². The number of hydrogen-bond acceptors (Lipinski definition) is 0. The molecule has 0 amide bonds. The molecule has 84 valence electrons. The maximum atomic E-state index is 3.99. The molecule has 1 aromatic carbocycles. The summed E-state index contributed by atoms with van der Waals surface area (Å²) < 4.78 is 0. The molecular weight excluding hydrogens is 208 g/mol. The van der Waals surface area contributed by atoms with E-state index >= 15 is 0 Å². The van der Waals surface area contributed by atoms with E-state index in [0.29, 0.717) is 10.5 Å². The summed E-state index contributed by atoms with van der Waals surface area (Å²) in [4.78, 5) is 0. The Bertz CT molecular complexity index is 410. The first-order chi connectivity index (χ1) is 7.54. The molecule has 4 rings (SSSR count). The van der Waals surface area contributed by atoms with Gasteiger partial charge in [0, 0.05) is 0 Å². The SMILES string of the molecule is C=CC12CC([Si](C)(C)c3ccccc3)(C1)C2. The van der Waals surface area contributed by atoms with Crippen molar-refractivity contribution in [3.63, 3.8) is 0 Å². The second-order valence-corrected chi connectivity index (χ2v) is 11.3. The third-order valence-electron chi connectivity index (χ3n) is 5.33. The Morgan fingerprint density at radius 1 is 1.12 bits per heavy atom. The zero-order chi connectivity index (χ0) is 11.4. The van der Waals surface area contributed by atoms with Crippen LogP contribution in [0, 0.1) is 5.41 Å². The minimum atomic E-state index is -1.27. The van der Waals surface area contributed by atoms with Crippen LogP contribution < -0.4 is 5.19 Å². The number of rotatable bonds is 3. The Balaban J connectivity index is 1.89. The van der Waals surface area contributed by atoms with Gasteiger partial charge in [-0.3, -0.25) is 0 Å². The molecule has 3 fully saturated rings. The molecule has 1 aromatic rings. The van der Waals surface area contributed by atoms with Crippen LogP contribution in [0.15, 0.2) is 43.0 Å². The lowest BCUT2D eigenvalue weighted by molar-refractivity contribution is -0.0482. The van der Waals surface area contributed by atoms with Crippen molar-refractivity contribution >= 4 is 13.3 Å². The molecule has 3 aliphatic carbocycles. The summed E-state index contributed by atoms with van der Waals surface area (Å²) in [5, 5.41) is 2.33. The van der Waals surface area contributed by atoms with Gasteiger partial charge in [0.15, 0.2) is 0 Å². The zero-order valence-corrected chi connectivity index (χ0v) is 11.3. The fraction of sp³-hybridized carbons (Fsp3) is 0.467. The van der Waals surface area contributed by atoms with Crippen LogP contribution in [-0.2, 0) is 0 Å². The first-order valence-corrected chi connectivity index (χ1v) is 9.23. The molecule has 0 unspecified atom stereocenters. The highest BCUT2D eigenvalue weighted by atomic mass is 28.3. The average Bonchev–Trinajstić information content (AvgIpc) is 2.15. The van der Waals surface area contributed by atoms with Crippen LogP contribution in [0.2, 0.25) is 18.1 Å². The van der Waals surface area contributed by atoms with Crippen molar-refractivity contribution in [1.29, 1.82) is 0 Å². The molecule has 0 atom stereocenters. The third-order valence-corrected chi connectivity index (χ3v) is 10.3. The quantitative estimate of drug-likeness (QED) is 0.546. The van der Waals surface area contributed by atoms with E-state index < -0.39 is 8.07 Å². The highest BCUT2D eigenvalue weighted by molar-refractivity contribution is 6.92. The molecular formula is C15H20Si. The van der Waals surface area contributed by atoms with Gasteiger partial charge in [0.25, 0.3) is 0 Å². The Morgan fingerprint density at radius 2 is 1.69 bits per heavy atom. The monoisotopic (exact) mass is 228 g/mol. The summed E-state index contributed by atoms with van der Waals surface area (Å²) >= 11 is 0. The number of allylic oxidation sites excluding steroid dienone is 1. The summed E-state index contributed by atoms with van der Waals surface area (Å²) in [6.45, 7) is 9.09. The molecule has 0 N–H and O–H groups in total. The number of hydrogen-bond donors (Lipinski definition) is 0. The third kappa shape index (κ3) is 1.05. The lowest BCUT2D eigenvalue weighted by atomic mass is 9.43. The number of benzene rings is 1. The van der Waals surface area contributed by atoms with E-state index in [0.717, 1.165) is 0 Å². The maximum Gasteiger partial charge on any atom is 0.0868 e. The van der Waals surface area contributed by atoms with E-state index in [1.54, 1.807) is 5.19 Å². The predicted molar refractivity (Wildman–Crippen MR) is 72.7 cm³/mol. The first-order valence-electron chi connectivity index (χ1n) is 6.23. The molecule has 0 heterocycles. The topological polar surface area (TPSA) is 0 Å².